The van der Waals surface area contributed by atoms with Crippen LogP contribution in [-0.4, -0.2) is 25.3 Å². The van der Waals surface area contributed by atoms with Gasteiger partial charge in [0.05, 0.1) is 6.07 Å². The van der Waals surface area contributed by atoms with Crippen LogP contribution in [0.4, 0.5) is 0 Å². The fraction of sp³-hybridized carbons (Fsp3) is 0.938. The second-order valence-corrected chi connectivity index (χ2v) is 5.98. The largest absolute Gasteiger partial charge is 0.381 e. The standard InChI is InChI=1S/C16H32N2O/c1-5-11-18-16(4,14-17)10-6-7-12-19-13-8-9-15(2)3/h15,18H,5-13H2,1-4H3. The quantitative estimate of drug-likeness (QED) is 0.546. The van der Waals surface area contributed by atoms with E-state index in [4.69, 9.17) is 4.74 Å². The van der Waals surface area contributed by atoms with E-state index >= 15 is 0 Å². The minimum Gasteiger partial charge on any atom is -0.381 e. The fourth-order valence-corrected chi connectivity index (χ4v) is 1.96. The second-order valence-electron chi connectivity index (χ2n) is 5.98. The first-order chi connectivity index (χ1) is 9.04. The highest BCUT2D eigenvalue weighted by molar-refractivity contribution is 5.03. The summed E-state index contributed by atoms with van der Waals surface area (Å²) in [6, 6.07) is 2.38. The molecule has 0 fully saturated rings. The number of rotatable bonds is 12. The molecule has 0 saturated heterocycles. The summed E-state index contributed by atoms with van der Waals surface area (Å²) in [5.74, 6) is 0.768. The number of nitrogens with zero attached hydrogens (tertiary/aromatic N) is 1. The van der Waals surface area contributed by atoms with Crippen LogP contribution in [0.5, 0.6) is 0 Å². The summed E-state index contributed by atoms with van der Waals surface area (Å²) in [4.78, 5) is 0. The normalized spacial score (nSPS) is 14.3. The Morgan fingerprint density at radius 3 is 2.47 bits per heavy atom. The van der Waals surface area contributed by atoms with Gasteiger partial charge in [-0.3, -0.25) is 5.32 Å². The molecule has 1 unspecified atom stereocenters. The van der Waals surface area contributed by atoms with Gasteiger partial charge in [-0.2, -0.15) is 5.26 Å². The van der Waals surface area contributed by atoms with E-state index in [0.29, 0.717) is 0 Å². The molecule has 0 saturated carbocycles. The first-order valence-electron chi connectivity index (χ1n) is 7.78. The first kappa shape index (κ1) is 18.4. The fourth-order valence-electron chi connectivity index (χ4n) is 1.96. The lowest BCUT2D eigenvalue weighted by Crippen LogP contribution is -2.41. The van der Waals surface area contributed by atoms with Gasteiger partial charge in [-0.25, -0.2) is 0 Å². The average Bonchev–Trinajstić information content (AvgIpc) is 2.39. The van der Waals surface area contributed by atoms with Gasteiger partial charge in [-0.15, -0.1) is 0 Å². The molecular formula is C16H32N2O. The van der Waals surface area contributed by atoms with Gasteiger partial charge in [0.1, 0.15) is 5.54 Å². The van der Waals surface area contributed by atoms with Crippen LogP contribution in [0.15, 0.2) is 0 Å². The third-order valence-electron chi connectivity index (χ3n) is 3.30. The zero-order valence-corrected chi connectivity index (χ0v) is 13.3. The van der Waals surface area contributed by atoms with Gasteiger partial charge in [0.25, 0.3) is 0 Å². The highest BCUT2D eigenvalue weighted by Gasteiger charge is 2.21. The molecule has 0 aliphatic heterocycles. The Kier molecular flexibility index (Phi) is 10.9. The van der Waals surface area contributed by atoms with Crippen LogP contribution in [0.25, 0.3) is 0 Å². The third-order valence-corrected chi connectivity index (χ3v) is 3.30. The van der Waals surface area contributed by atoms with Gasteiger partial charge in [0, 0.05) is 13.2 Å². The van der Waals surface area contributed by atoms with Crippen molar-refractivity contribution in [2.75, 3.05) is 19.8 Å². The summed E-state index contributed by atoms with van der Waals surface area (Å²) in [6.45, 7) is 11.2. The number of hydrogen-bond acceptors (Lipinski definition) is 3. The van der Waals surface area contributed by atoms with Crippen LogP contribution in [0, 0.1) is 17.2 Å². The molecule has 0 amide bonds. The Balaban J connectivity index is 3.49. The molecule has 0 heterocycles. The van der Waals surface area contributed by atoms with E-state index in [1.807, 2.05) is 6.92 Å². The van der Waals surface area contributed by atoms with Crippen molar-refractivity contribution in [3.63, 3.8) is 0 Å². The van der Waals surface area contributed by atoms with Crippen LogP contribution in [-0.2, 0) is 4.74 Å². The Morgan fingerprint density at radius 1 is 1.21 bits per heavy atom. The van der Waals surface area contributed by atoms with Gasteiger partial charge in [-0.05, 0) is 57.9 Å². The van der Waals surface area contributed by atoms with Crippen LogP contribution in [0.1, 0.15) is 66.2 Å². The monoisotopic (exact) mass is 268 g/mol. The van der Waals surface area contributed by atoms with Gasteiger partial charge in [-0.1, -0.05) is 20.8 Å². The molecule has 1 atom stereocenters. The molecule has 3 nitrogen and oxygen atoms in total. The van der Waals surface area contributed by atoms with Gasteiger partial charge in [0.15, 0.2) is 0 Å². The van der Waals surface area contributed by atoms with E-state index < -0.39 is 0 Å². The minimum atomic E-state index is -0.367. The summed E-state index contributed by atoms with van der Waals surface area (Å²) >= 11 is 0. The SMILES string of the molecule is CCCNC(C)(C#N)CCCCOCCCC(C)C. The van der Waals surface area contributed by atoms with Crippen molar-refractivity contribution in [1.82, 2.24) is 5.32 Å². The molecule has 0 bridgehead atoms. The van der Waals surface area contributed by atoms with E-state index in [2.05, 4.69) is 32.2 Å². The van der Waals surface area contributed by atoms with Gasteiger partial charge >= 0.3 is 0 Å². The Labute approximate surface area is 119 Å². The maximum absolute atomic E-state index is 9.19. The van der Waals surface area contributed by atoms with E-state index in [9.17, 15) is 5.26 Å². The zero-order chi connectivity index (χ0) is 14.6. The Morgan fingerprint density at radius 2 is 1.89 bits per heavy atom. The maximum atomic E-state index is 9.19. The van der Waals surface area contributed by atoms with Crippen LogP contribution >= 0.6 is 0 Å². The molecular weight excluding hydrogens is 236 g/mol. The number of hydrogen-bond donors (Lipinski definition) is 1. The molecule has 112 valence electrons. The molecule has 0 aromatic rings. The number of unbranched alkanes of at least 4 members (excludes halogenated alkanes) is 1. The number of ether oxygens (including phenoxy) is 1. The summed E-state index contributed by atoms with van der Waals surface area (Å²) < 4.78 is 5.61. The van der Waals surface area contributed by atoms with Crippen molar-refractivity contribution >= 4 is 0 Å². The van der Waals surface area contributed by atoms with Crippen molar-refractivity contribution in [3.05, 3.63) is 0 Å². The molecule has 19 heavy (non-hydrogen) atoms. The molecule has 0 aliphatic carbocycles. The van der Waals surface area contributed by atoms with Gasteiger partial charge in [0.2, 0.25) is 0 Å². The number of nitriles is 1. The molecule has 0 aromatic heterocycles. The highest BCUT2D eigenvalue weighted by Crippen LogP contribution is 2.13. The zero-order valence-electron chi connectivity index (χ0n) is 13.3. The smallest absolute Gasteiger partial charge is 0.103 e. The van der Waals surface area contributed by atoms with Crippen molar-refractivity contribution in [2.45, 2.75) is 71.8 Å². The molecule has 1 N–H and O–H groups in total. The molecule has 3 heteroatoms. The Hall–Kier alpha value is -0.590. The van der Waals surface area contributed by atoms with Crippen LogP contribution in [0.2, 0.25) is 0 Å². The van der Waals surface area contributed by atoms with Crippen LogP contribution in [0.3, 0.4) is 0 Å². The molecule has 0 aliphatic rings. The highest BCUT2D eigenvalue weighted by atomic mass is 16.5. The first-order valence-corrected chi connectivity index (χ1v) is 7.78. The van der Waals surface area contributed by atoms with Crippen molar-refractivity contribution in [1.29, 1.82) is 5.26 Å². The predicted molar refractivity (Wildman–Crippen MR) is 81.1 cm³/mol. The van der Waals surface area contributed by atoms with E-state index in [-0.39, 0.29) is 5.54 Å². The van der Waals surface area contributed by atoms with Crippen molar-refractivity contribution in [2.24, 2.45) is 5.92 Å². The lowest BCUT2D eigenvalue weighted by molar-refractivity contribution is 0.122. The van der Waals surface area contributed by atoms with E-state index in [0.717, 1.165) is 57.8 Å². The van der Waals surface area contributed by atoms with Crippen molar-refractivity contribution < 1.29 is 4.74 Å². The Bertz CT molecular complexity index is 248. The lowest BCUT2D eigenvalue weighted by Gasteiger charge is -2.22. The molecule has 0 rings (SSSR count). The average molecular weight is 268 g/mol. The predicted octanol–water partition coefficient (Wildman–Crippen LogP) is 3.89. The second kappa shape index (κ2) is 11.3. The summed E-state index contributed by atoms with van der Waals surface area (Å²) in [6.07, 6.45) is 6.46. The summed E-state index contributed by atoms with van der Waals surface area (Å²) in [5, 5.41) is 12.5. The topological polar surface area (TPSA) is 45.0 Å². The summed E-state index contributed by atoms with van der Waals surface area (Å²) in [5.41, 5.74) is -0.367. The molecule has 0 aromatic carbocycles. The minimum absolute atomic E-state index is 0.367. The summed E-state index contributed by atoms with van der Waals surface area (Å²) in [7, 11) is 0. The van der Waals surface area contributed by atoms with E-state index in [1.54, 1.807) is 0 Å². The molecule has 0 spiro atoms. The van der Waals surface area contributed by atoms with Crippen molar-refractivity contribution in [3.8, 4) is 6.07 Å². The molecule has 0 radical (unpaired) electrons. The maximum Gasteiger partial charge on any atom is 0.103 e. The third kappa shape index (κ3) is 11.0. The number of nitrogens with one attached hydrogen (secondary N) is 1. The van der Waals surface area contributed by atoms with Crippen LogP contribution < -0.4 is 5.32 Å². The van der Waals surface area contributed by atoms with Gasteiger partial charge < -0.3 is 4.74 Å². The van der Waals surface area contributed by atoms with E-state index in [1.165, 1.54) is 6.42 Å². The lowest BCUT2D eigenvalue weighted by atomic mass is 9.96.